The minimum absolute atomic E-state index is 0.0460. The van der Waals surface area contributed by atoms with Gasteiger partial charge < -0.3 is 5.73 Å². The van der Waals surface area contributed by atoms with Crippen LogP contribution in [0.4, 0.5) is 24.5 Å². The third-order valence-corrected chi connectivity index (χ3v) is 3.40. The van der Waals surface area contributed by atoms with Crippen LogP contribution in [0.1, 0.15) is 0 Å². The van der Waals surface area contributed by atoms with Crippen LogP contribution in [0.25, 0.3) is 0 Å². The van der Waals surface area contributed by atoms with Gasteiger partial charge in [0, 0.05) is 10.2 Å². The van der Waals surface area contributed by atoms with Crippen molar-refractivity contribution in [3.05, 3.63) is 22.7 Å². The monoisotopic (exact) mass is 347 g/mol. The Hall–Kier alpha value is -1.00. The molecule has 4 N–H and O–H groups in total. The maximum absolute atomic E-state index is 11.9. The molecule has 102 valence electrons. The van der Waals surface area contributed by atoms with Crippen molar-refractivity contribution in [1.29, 1.82) is 0 Å². The standard InChI is InChI=1S/C8H9BrF3N3O2S/c9-6-2-1-5(13)3-7(6)15-18(16,17)14-4-8(10,11)12/h1-3,14-15H,4,13H2. The van der Waals surface area contributed by atoms with Gasteiger partial charge in [-0.05, 0) is 34.1 Å². The van der Waals surface area contributed by atoms with Crippen molar-refractivity contribution in [3.63, 3.8) is 0 Å². The van der Waals surface area contributed by atoms with E-state index in [0.29, 0.717) is 4.47 Å². The fourth-order valence-electron chi connectivity index (χ4n) is 0.979. The lowest BCUT2D eigenvalue weighted by molar-refractivity contribution is -0.121. The predicted octanol–water partition coefficient (Wildman–Crippen LogP) is 1.84. The summed E-state index contributed by atoms with van der Waals surface area (Å²) in [5.41, 5.74) is 5.75. The molecule has 0 spiro atoms. The Morgan fingerprint density at radius 1 is 1.33 bits per heavy atom. The highest BCUT2D eigenvalue weighted by Gasteiger charge is 2.29. The van der Waals surface area contributed by atoms with Gasteiger partial charge in [0.2, 0.25) is 0 Å². The number of benzene rings is 1. The second kappa shape index (κ2) is 5.33. The topological polar surface area (TPSA) is 84.2 Å². The molecule has 0 fully saturated rings. The zero-order chi connectivity index (χ0) is 14.0. The summed E-state index contributed by atoms with van der Waals surface area (Å²) in [5.74, 6) is 0. The first-order chi connectivity index (χ1) is 8.09. The van der Waals surface area contributed by atoms with Crippen molar-refractivity contribution in [2.45, 2.75) is 6.18 Å². The number of hydrogen-bond donors (Lipinski definition) is 3. The lowest BCUT2D eigenvalue weighted by Gasteiger charge is -2.12. The van der Waals surface area contributed by atoms with E-state index >= 15 is 0 Å². The summed E-state index contributed by atoms with van der Waals surface area (Å²) >= 11 is 3.04. The number of halogens is 4. The molecule has 0 aliphatic rings. The summed E-state index contributed by atoms with van der Waals surface area (Å²) in [7, 11) is -4.31. The number of nitrogen functional groups attached to an aromatic ring is 1. The lowest BCUT2D eigenvalue weighted by atomic mass is 10.3. The highest BCUT2D eigenvalue weighted by atomic mass is 79.9. The molecule has 5 nitrogen and oxygen atoms in total. The van der Waals surface area contributed by atoms with Gasteiger partial charge in [0.25, 0.3) is 10.2 Å². The van der Waals surface area contributed by atoms with E-state index in [1.165, 1.54) is 22.9 Å². The van der Waals surface area contributed by atoms with Crippen LogP contribution < -0.4 is 15.2 Å². The average Bonchev–Trinajstić information content (AvgIpc) is 2.20. The number of alkyl halides is 3. The molecule has 0 aliphatic heterocycles. The molecule has 1 aromatic carbocycles. The Labute approximate surface area is 110 Å². The Bertz CT molecular complexity index is 533. The van der Waals surface area contributed by atoms with Gasteiger partial charge in [0.05, 0.1) is 5.69 Å². The van der Waals surface area contributed by atoms with E-state index in [2.05, 4.69) is 15.9 Å². The molecule has 1 rings (SSSR count). The molecule has 0 radical (unpaired) electrons. The zero-order valence-electron chi connectivity index (χ0n) is 8.75. The number of nitrogens with two attached hydrogens (primary N) is 1. The number of hydrogen-bond acceptors (Lipinski definition) is 3. The zero-order valence-corrected chi connectivity index (χ0v) is 11.2. The van der Waals surface area contributed by atoms with Gasteiger partial charge in [-0.2, -0.15) is 26.3 Å². The van der Waals surface area contributed by atoms with E-state index in [0.717, 1.165) is 0 Å². The maximum Gasteiger partial charge on any atom is 0.402 e. The van der Waals surface area contributed by atoms with Gasteiger partial charge in [-0.15, -0.1) is 0 Å². The molecule has 0 saturated heterocycles. The number of anilines is 2. The van der Waals surface area contributed by atoms with Crippen molar-refractivity contribution in [3.8, 4) is 0 Å². The first-order valence-corrected chi connectivity index (χ1v) is 6.76. The van der Waals surface area contributed by atoms with Gasteiger partial charge >= 0.3 is 6.18 Å². The van der Waals surface area contributed by atoms with Crippen LogP contribution in [-0.2, 0) is 10.2 Å². The fourth-order valence-corrected chi connectivity index (χ4v) is 2.34. The van der Waals surface area contributed by atoms with Crippen molar-refractivity contribution in [1.82, 2.24) is 4.72 Å². The maximum atomic E-state index is 11.9. The molecule has 1 aromatic rings. The highest BCUT2D eigenvalue weighted by Crippen LogP contribution is 2.25. The number of rotatable bonds is 4. The second-order valence-electron chi connectivity index (χ2n) is 3.28. The first-order valence-electron chi connectivity index (χ1n) is 4.48. The molecule has 0 heterocycles. The van der Waals surface area contributed by atoms with E-state index in [9.17, 15) is 21.6 Å². The van der Waals surface area contributed by atoms with Crippen LogP contribution in [0.15, 0.2) is 22.7 Å². The summed E-state index contributed by atoms with van der Waals surface area (Å²) in [5, 5.41) is 0. The SMILES string of the molecule is Nc1ccc(Br)c(NS(=O)(=O)NCC(F)(F)F)c1. The van der Waals surface area contributed by atoms with Gasteiger partial charge in [-0.3, -0.25) is 4.72 Å². The fraction of sp³-hybridized carbons (Fsp3) is 0.250. The van der Waals surface area contributed by atoms with E-state index in [4.69, 9.17) is 5.73 Å². The summed E-state index contributed by atoms with van der Waals surface area (Å²) in [6.07, 6.45) is -4.62. The van der Waals surface area contributed by atoms with Gasteiger partial charge in [0.15, 0.2) is 0 Å². The molecular weight excluding hydrogens is 339 g/mol. The van der Waals surface area contributed by atoms with Crippen molar-refractivity contribution in [2.24, 2.45) is 0 Å². The van der Waals surface area contributed by atoms with Gasteiger partial charge in [-0.25, -0.2) is 0 Å². The van der Waals surface area contributed by atoms with Crippen LogP contribution in [0.3, 0.4) is 0 Å². The summed E-state index contributed by atoms with van der Waals surface area (Å²) in [6.45, 7) is -1.65. The molecule has 18 heavy (non-hydrogen) atoms. The molecule has 0 amide bonds. The molecular formula is C8H9BrF3N3O2S. The smallest absolute Gasteiger partial charge is 0.399 e. The highest BCUT2D eigenvalue weighted by molar-refractivity contribution is 9.10. The van der Waals surface area contributed by atoms with Crippen LogP contribution >= 0.6 is 15.9 Å². The van der Waals surface area contributed by atoms with E-state index in [-0.39, 0.29) is 11.4 Å². The summed E-state index contributed by atoms with van der Waals surface area (Å²) in [6, 6.07) is 4.25. The Morgan fingerprint density at radius 2 is 1.94 bits per heavy atom. The molecule has 0 bridgehead atoms. The molecule has 0 aromatic heterocycles. The molecule has 0 atom stereocenters. The lowest BCUT2D eigenvalue weighted by Crippen LogP contribution is -2.37. The molecule has 10 heteroatoms. The summed E-state index contributed by atoms with van der Waals surface area (Å²) in [4.78, 5) is 0. The van der Waals surface area contributed by atoms with E-state index in [1.54, 1.807) is 0 Å². The number of nitrogens with one attached hydrogen (secondary N) is 2. The van der Waals surface area contributed by atoms with E-state index < -0.39 is 22.9 Å². The second-order valence-corrected chi connectivity index (χ2v) is 5.64. The summed E-state index contributed by atoms with van der Waals surface area (Å²) < 4.78 is 62.0. The largest absolute Gasteiger partial charge is 0.402 e. The van der Waals surface area contributed by atoms with Crippen LogP contribution in [0.2, 0.25) is 0 Å². The van der Waals surface area contributed by atoms with Gasteiger partial charge in [0.1, 0.15) is 6.54 Å². The molecule has 0 unspecified atom stereocenters. The van der Waals surface area contributed by atoms with E-state index in [1.807, 2.05) is 4.72 Å². The van der Waals surface area contributed by atoms with Crippen molar-refractivity contribution < 1.29 is 21.6 Å². The first kappa shape index (κ1) is 15.1. The van der Waals surface area contributed by atoms with Gasteiger partial charge in [-0.1, -0.05) is 0 Å². The minimum Gasteiger partial charge on any atom is -0.399 e. The molecule has 0 aliphatic carbocycles. The van der Waals surface area contributed by atoms with Crippen LogP contribution in [-0.4, -0.2) is 21.1 Å². The van der Waals surface area contributed by atoms with Crippen LogP contribution in [0, 0.1) is 0 Å². The third-order valence-electron chi connectivity index (χ3n) is 1.70. The minimum atomic E-state index is -4.62. The Kier molecular flexibility index (Phi) is 4.46. The Balaban J connectivity index is 2.80. The van der Waals surface area contributed by atoms with Crippen LogP contribution in [0.5, 0.6) is 0 Å². The average molecular weight is 348 g/mol. The predicted molar refractivity (Wildman–Crippen MR) is 65.2 cm³/mol. The third kappa shape index (κ3) is 5.10. The quantitative estimate of drug-likeness (QED) is 0.726. The van der Waals surface area contributed by atoms with Crippen molar-refractivity contribution in [2.75, 3.05) is 17.0 Å². The molecule has 0 saturated carbocycles. The normalized spacial score (nSPS) is 12.4. The van der Waals surface area contributed by atoms with Crippen molar-refractivity contribution >= 4 is 37.5 Å². The Morgan fingerprint density at radius 3 is 2.50 bits per heavy atom.